The smallest absolute Gasteiger partial charge is 0.128 e. The Hall–Kier alpha value is -1.56. The number of nitrogens with zero attached hydrogens (tertiary/aromatic N) is 3. The van der Waals surface area contributed by atoms with Crippen molar-refractivity contribution in [1.82, 2.24) is 4.98 Å². The predicted molar refractivity (Wildman–Crippen MR) is 57.1 cm³/mol. The molecule has 0 aliphatic carbocycles. The molecule has 1 heterocycles. The molecular formula is C11H15N3. The second kappa shape index (κ2) is 5.23. The Labute approximate surface area is 85.0 Å². The van der Waals surface area contributed by atoms with Gasteiger partial charge in [-0.2, -0.15) is 5.26 Å². The van der Waals surface area contributed by atoms with E-state index in [0.717, 1.165) is 24.6 Å². The number of aromatic nitrogens is 1. The maximum absolute atomic E-state index is 8.52. The highest BCUT2D eigenvalue weighted by Crippen LogP contribution is 2.10. The van der Waals surface area contributed by atoms with Gasteiger partial charge in [-0.1, -0.05) is 6.07 Å². The molecule has 1 rings (SSSR count). The number of rotatable bonds is 4. The van der Waals surface area contributed by atoms with Gasteiger partial charge < -0.3 is 4.90 Å². The summed E-state index contributed by atoms with van der Waals surface area (Å²) in [4.78, 5) is 6.52. The van der Waals surface area contributed by atoms with Crippen LogP contribution >= 0.6 is 0 Å². The molecule has 0 aliphatic heterocycles. The SMILES string of the molecule is CCN(CCC#N)c1cccc(C)n1. The lowest BCUT2D eigenvalue weighted by Crippen LogP contribution is -2.24. The molecule has 1 aromatic rings. The van der Waals surface area contributed by atoms with Crippen LogP contribution in [0.25, 0.3) is 0 Å². The van der Waals surface area contributed by atoms with E-state index in [1.54, 1.807) is 0 Å². The zero-order valence-electron chi connectivity index (χ0n) is 8.70. The molecule has 0 aromatic carbocycles. The lowest BCUT2D eigenvalue weighted by molar-refractivity contribution is 0.808. The van der Waals surface area contributed by atoms with E-state index in [1.165, 1.54) is 0 Å². The highest BCUT2D eigenvalue weighted by Gasteiger charge is 2.04. The van der Waals surface area contributed by atoms with Crippen molar-refractivity contribution in [1.29, 1.82) is 5.26 Å². The van der Waals surface area contributed by atoms with Crippen molar-refractivity contribution < 1.29 is 0 Å². The summed E-state index contributed by atoms with van der Waals surface area (Å²) in [5.74, 6) is 0.961. The minimum atomic E-state index is 0.545. The number of anilines is 1. The number of nitriles is 1. The Morgan fingerprint density at radius 1 is 1.50 bits per heavy atom. The van der Waals surface area contributed by atoms with Gasteiger partial charge in [0, 0.05) is 18.8 Å². The van der Waals surface area contributed by atoms with E-state index in [9.17, 15) is 0 Å². The first-order chi connectivity index (χ1) is 6.77. The van der Waals surface area contributed by atoms with E-state index in [-0.39, 0.29) is 0 Å². The molecule has 14 heavy (non-hydrogen) atoms. The van der Waals surface area contributed by atoms with Crippen molar-refractivity contribution >= 4 is 5.82 Å². The normalized spacial score (nSPS) is 9.50. The summed E-state index contributed by atoms with van der Waals surface area (Å²) in [6.45, 7) is 5.69. The average molecular weight is 189 g/mol. The van der Waals surface area contributed by atoms with Gasteiger partial charge >= 0.3 is 0 Å². The van der Waals surface area contributed by atoms with Crippen molar-refractivity contribution in [2.24, 2.45) is 0 Å². The molecule has 0 N–H and O–H groups in total. The molecular weight excluding hydrogens is 174 g/mol. The van der Waals surface area contributed by atoms with Gasteiger partial charge in [-0.15, -0.1) is 0 Å². The van der Waals surface area contributed by atoms with Crippen LogP contribution in [0.1, 0.15) is 19.0 Å². The third kappa shape index (κ3) is 2.74. The van der Waals surface area contributed by atoms with Gasteiger partial charge in [0.1, 0.15) is 5.82 Å². The lowest BCUT2D eigenvalue weighted by atomic mass is 10.3. The molecule has 0 spiro atoms. The van der Waals surface area contributed by atoms with Gasteiger partial charge in [-0.25, -0.2) is 4.98 Å². The quantitative estimate of drug-likeness (QED) is 0.728. The van der Waals surface area contributed by atoms with Crippen LogP contribution < -0.4 is 4.90 Å². The summed E-state index contributed by atoms with van der Waals surface area (Å²) in [6, 6.07) is 8.09. The minimum absolute atomic E-state index is 0.545. The van der Waals surface area contributed by atoms with Crippen LogP contribution in [0, 0.1) is 18.3 Å². The summed E-state index contributed by atoms with van der Waals surface area (Å²) in [6.07, 6.45) is 0.545. The number of hydrogen-bond donors (Lipinski definition) is 0. The number of aryl methyl sites for hydroxylation is 1. The summed E-state index contributed by atoms with van der Waals surface area (Å²) >= 11 is 0. The van der Waals surface area contributed by atoms with Crippen LogP contribution in [0.15, 0.2) is 18.2 Å². The van der Waals surface area contributed by atoms with Gasteiger partial charge in [0.15, 0.2) is 0 Å². The summed E-state index contributed by atoms with van der Waals surface area (Å²) in [5, 5.41) is 8.52. The van der Waals surface area contributed by atoms with Crippen LogP contribution in [0.3, 0.4) is 0 Å². The van der Waals surface area contributed by atoms with Crippen LogP contribution in [-0.2, 0) is 0 Å². The summed E-state index contributed by atoms with van der Waals surface area (Å²) in [5.41, 5.74) is 1.01. The second-order valence-corrected chi connectivity index (χ2v) is 3.12. The topological polar surface area (TPSA) is 39.9 Å². The largest absolute Gasteiger partial charge is 0.356 e. The maximum Gasteiger partial charge on any atom is 0.128 e. The maximum atomic E-state index is 8.52. The number of pyridine rings is 1. The fraction of sp³-hybridized carbons (Fsp3) is 0.455. The van der Waals surface area contributed by atoms with Crippen molar-refractivity contribution in [2.45, 2.75) is 20.3 Å². The molecule has 0 amide bonds. The lowest BCUT2D eigenvalue weighted by Gasteiger charge is -2.20. The number of hydrogen-bond acceptors (Lipinski definition) is 3. The molecule has 3 nitrogen and oxygen atoms in total. The molecule has 0 radical (unpaired) electrons. The first-order valence-corrected chi connectivity index (χ1v) is 4.83. The predicted octanol–water partition coefficient (Wildman–Crippen LogP) is 2.13. The van der Waals surface area contributed by atoms with E-state index in [1.807, 2.05) is 25.1 Å². The zero-order chi connectivity index (χ0) is 10.4. The van der Waals surface area contributed by atoms with Crippen LogP contribution in [0.5, 0.6) is 0 Å². The Balaban J connectivity index is 2.74. The van der Waals surface area contributed by atoms with Gasteiger partial charge in [0.05, 0.1) is 12.5 Å². The second-order valence-electron chi connectivity index (χ2n) is 3.12. The van der Waals surface area contributed by atoms with E-state index >= 15 is 0 Å². The molecule has 1 aromatic heterocycles. The fourth-order valence-corrected chi connectivity index (χ4v) is 1.32. The molecule has 0 saturated heterocycles. The van der Waals surface area contributed by atoms with Crippen LogP contribution in [-0.4, -0.2) is 18.1 Å². The van der Waals surface area contributed by atoms with Gasteiger partial charge in [0.25, 0.3) is 0 Å². The molecule has 0 aliphatic rings. The molecule has 0 saturated carbocycles. The van der Waals surface area contributed by atoms with Crippen molar-refractivity contribution in [3.8, 4) is 6.07 Å². The van der Waals surface area contributed by atoms with Gasteiger partial charge in [0.2, 0.25) is 0 Å². The summed E-state index contributed by atoms with van der Waals surface area (Å²) in [7, 11) is 0. The Morgan fingerprint density at radius 3 is 2.86 bits per heavy atom. The van der Waals surface area contributed by atoms with Crippen molar-refractivity contribution in [3.05, 3.63) is 23.9 Å². The highest BCUT2D eigenvalue weighted by atomic mass is 15.2. The van der Waals surface area contributed by atoms with Gasteiger partial charge in [-0.3, -0.25) is 0 Å². The Kier molecular flexibility index (Phi) is 3.93. The Bertz CT molecular complexity index is 328. The van der Waals surface area contributed by atoms with Crippen molar-refractivity contribution in [3.63, 3.8) is 0 Å². The van der Waals surface area contributed by atoms with Crippen LogP contribution in [0.2, 0.25) is 0 Å². The standard InChI is InChI=1S/C11H15N3/c1-3-14(9-5-8-12)11-7-4-6-10(2)13-11/h4,6-7H,3,5,9H2,1-2H3. The average Bonchev–Trinajstić information content (AvgIpc) is 2.19. The highest BCUT2D eigenvalue weighted by molar-refractivity contribution is 5.38. The van der Waals surface area contributed by atoms with Gasteiger partial charge in [-0.05, 0) is 26.0 Å². The zero-order valence-corrected chi connectivity index (χ0v) is 8.70. The molecule has 74 valence electrons. The molecule has 0 fully saturated rings. The molecule has 0 bridgehead atoms. The molecule has 3 heteroatoms. The minimum Gasteiger partial charge on any atom is -0.356 e. The van der Waals surface area contributed by atoms with Crippen molar-refractivity contribution in [2.75, 3.05) is 18.0 Å². The molecule has 0 atom stereocenters. The first kappa shape index (κ1) is 10.5. The Morgan fingerprint density at radius 2 is 2.29 bits per heavy atom. The van der Waals surface area contributed by atoms with E-state index in [2.05, 4.69) is 22.9 Å². The monoisotopic (exact) mass is 189 g/mol. The summed E-state index contributed by atoms with van der Waals surface area (Å²) < 4.78 is 0. The van der Waals surface area contributed by atoms with E-state index in [4.69, 9.17) is 5.26 Å². The third-order valence-electron chi connectivity index (χ3n) is 2.07. The third-order valence-corrected chi connectivity index (χ3v) is 2.07. The van der Waals surface area contributed by atoms with E-state index < -0.39 is 0 Å². The van der Waals surface area contributed by atoms with E-state index in [0.29, 0.717) is 6.42 Å². The fourth-order valence-electron chi connectivity index (χ4n) is 1.32. The van der Waals surface area contributed by atoms with Crippen LogP contribution in [0.4, 0.5) is 5.82 Å². The molecule has 0 unspecified atom stereocenters. The first-order valence-electron chi connectivity index (χ1n) is 4.83.